The maximum Gasteiger partial charge on any atom is 0.193 e. The molecule has 2 aliphatic heterocycles. The van der Waals surface area contributed by atoms with Gasteiger partial charge in [-0.2, -0.15) is 0 Å². The van der Waals surface area contributed by atoms with Crippen molar-refractivity contribution in [3.8, 4) is 0 Å². The van der Waals surface area contributed by atoms with E-state index in [1.54, 1.807) is 11.3 Å². The number of hydrogen-bond donors (Lipinski definition) is 1. The number of thiazole rings is 1. The first-order valence-corrected chi connectivity index (χ1v) is 9.19. The van der Waals surface area contributed by atoms with Gasteiger partial charge in [-0.15, -0.1) is 35.3 Å². The molecule has 5 nitrogen and oxygen atoms in total. The minimum Gasteiger partial charge on any atom is -0.356 e. The Labute approximate surface area is 160 Å². The van der Waals surface area contributed by atoms with Gasteiger partial charge in [0, 0.05) is 50.2 Å². The molecule has 0 bridgehead atoms. The summed E-state index contributed by atoms with van der Waals surface area (Å²) in [4.78, 5) is 15.2. The highest BCUT2D eigenvalue weighted by atomic mass is 127. The third-order valence-electron chi connectivity index (χ3n) is 4.62. The van der Waals surface area contributed by atoms with Crippen molar-refractivity contribution in [2.75, 3.05) is 39.8 Å². The van der Waals surface area contributed by atoms with Crippen LogP contribution in [0.4, 0.5) is 0 Å². The first kappa shape index (κ1) is 18.9. The summed E-state index contributed by atoms with van der Waals surface area (Å²) < 4.78 is 0. The lowest BCUT2D eigenvalue weighted by Crippen LogP contribution is -2.43. The molecular weight excluding hydrogens is 421 g/mol. The largest absolute Gasteiger partial charge is 0.356 e. The summed E-state index contributed by atoms with van der Waals surface area (Å²) in [5.74, 6) is 1.05. The zero-order valence-electron chi connectivity index (χ0n) is 14.1. The molecular formula is C16H28IN5S. The van der Waals surface area contributed by atoms with Gasteiger partial charge in [-0.1, -0.05) is 0 Å². The molecule has 2 aliphatic rings. The molecule has 0 saturated carbocycles. The molecule has 0 spiro atoms. The van der Waals surface area contributed by atoms with Crippen LogP contribution in [-0.2, 0) is 6.42 Å². The SMILES string of the molecule is CN=C(NCCc1ncc(C)s1)N1CCC(N2CCCC2)C1.I. The van der Waals surface area contributed by atoms with Crippen molar-refractivity contribution < 1.29 is 0 Å². The molecule has 1 aromatic heterocycles. The van der Waals surface area contributed by atoms with Crippen molar-refractivity contribution in [3.05, 3.63) is 16.1 Å². The van der Waals surface area contributed by atoms with Crippen LogP contribution < -0.4 is 5.32 Å². The van der Waals surface area contributed by atoms with Crippen molar-refractivity contribution in [1.29, 1.82) is 0 Å². The highest BCUT2D eigenvalue weighted by Gasteiger charge is 2.30. The molecule has 3 heterocycles. The van der Waals surface area contributed by atoms with E-state index in [2.05, 4.69) is 32.0 Å². The van der Waals surface area contributed by atoms with E-state index in [1.807, 2.05) is 13.2 Å². The maximum absolute atomic E-state index is 4.46. The van der Waals surface area contributed by atoms with Gasteiger partial charge in [0.1, 0.15) is 0 Å². The number of likely N-dealkylation sites (tertiary alicyclic amines) is 2. The molecule has 0 aliphatic carbocycles. The minimum absolute atomic E-state index is 0. The summed E-state index contributed by atoms with van der Waals surface area (Å²) in [5, 5.41) is 4.71. The molecule has 0 aromatic carbocycles. The highest BCUT2D eigenvalue weighted by Crippen LogP contribution is 2.20. The zero-order chi connectivity index (χ0) is 15.4. The van der Waals surface area contributed by atoms with Gasteiger partial charge < -0.3 is 10.2 Å². The van der Waals surface area contributed by atoms with E-state index >= 15 is 0 Å². The third kappa shape index (κ3) is 5.03. The molecule has 1 N–H and O–H groups in total. The van der Waals surface area contributed by atoms with Gasteiger partial charge >= 0.3 is 0 Å². The number of rotatable bonds is 4. The standard InChI is InChI=1S/C16H27N5S.HI/c1-13-11-19-15(22-13)5-7-18-16(17-2)21-10-6-14(12-21)20-8-3-4-9-20;/h11,14H,3-10,12H2,1-2H3,(H,17,18);1H. The zero-order valence-corrected chi connectivity index (χ0v) is 17.3. The predicted molar refractivity (Wildman–Crippen MR) is 108 cm³/mol. The fourth-order valence-electron chi connectivity index (χ4n) is 3.47. The van der Waals surface area contributed by atoms with Crippen molar-refractivity contribution in [2.24, 2.45) is 4.99 Å². The Morgan fingerprint density at radius 2 is 2.17 bits per heavy atom. The highest BCUT2D eigenvalue weighted by molar-refractivity contribution is 14.0. The molecule has 2 saturated heterocycles. The molecule has 2 fully saturated rings. The lowest BCUT2D eigenvalue weighted by Gasteiger charge is -2.25. The van der Waals surface area contributed by atoms with E-state index in [4.69, 9.17) is 0 Å². The fraction of sp³-hybridized carbons (Fsp3) is 0.750. The number of hydrogen-bond acceptors (Lipinski definition) is 4. The number of aliphatic imine (C=N–C) groups is 1. The Morgan fingerprint density at radius 1 is 1.39 bits per heavy atom. The second kappa shape index (κ2) is 9.17. The number of halogens is 1. The van der Waals surface area contributed by atoms with E-state index in [0.29, 0.717) is 0 Å². The van der Waals surface area contributed by atoms with Crippen molar-refractivity contribution in [1.82, 2.24) is 20.1 Å². The first-order chi connectivity index (χ1) is 10.8. The summed E-state index contributed by atoms with van der Waals surface area (Å²) in [6, 6.07) is 0.725. The molecule has 1 aromatic rings. The first-order valence-electron chi connectivity index (χ1n) is 8.37. The van der Waals surface area contributed by atoms with Gasteiger partial charge in [0.2, 0.25) is 0 Å². The minimum atomic E-state index is 0. The predicted octanol–water partition coefficient (Wildman–Crippen LogP) is 2.36. The van der Waals surface area contributed by atoms with Crippen LogP contribution in [0.15, 0.2) is 11.2 Å². The van der Waals surface area contributed by atoms with Crippen LogP contribution in [0.25, 0.3) is 0 Å². The number of guanidine groups is 1. The van der Waals surface area contributed by atoms with Crippen LogP contribution in [0.1, 0.15) is 29.1 Å². The third-order valence-corrected chi connectivity index (χ3v) is 5.60. The topological polar surface area (TPSA) is 43.8 Å². The summed E-state index contributed by atoms with van der Waals surface area (Å²) >= 11 is 1.79. The molecule has 23 heavy (non-hydrogen) atoms. The van der Waals surface area contributed by atoms with E-state index in [1.165, 1.54) is 42.2 Å². The van der Waals surface area contributed by atoms with E-state index in [-0.39, 0.29) is 24.0 Å². The Bertz CT molecular complexity index is 512. The average molecular weight is 449 g/mol. The van der Waals surface area contributed by atoms with E-state index in [0.717, 1.165) is 38.1 Å². The van der Waals surface area contributed by atoms with Gasteiger partial charge in [0.25, 0.3) is 0 Å². The van der Waals surface area contributed by atoms with Crippen LogP contribution in [0.3, 0.4) is 0 Å². The van der Waals surface area contributed by atoms with Gasteiger partial charge in [0.05, 0.1) is 5.01 Å². The Hall–Kier alpha value is -0.410. The van der Waals surface area contributed by atoms with Gasteiger partial charge in [-0.05, 0) is 39.3 Å². The summed E-state index contributed by atoms with van der Waals surface area (Å²) in [7, 11) is 1.89. The summed E-state index contributed by atoms with van der Waals surface area (Å²) in [6.45, 7) is 7.83. The molecule has 1 unspecified atom stereocenters. The monoisotopic (exact) mass is 449 g/mol. The van der Waals surface area contributed by atoms with Crippen molar-refractivity contribution >= 4 is 41.3 Å². The number of nitrogens with zero attached hydrogens (tertiary/aromatic N) is 4. The van der Waals surface area contributed by atoms with Gasteiger partial charge in [-0.25, -0.2) is 4.98 Å². The molecule has 130 valence electrons. The average Bonchev–Trinajstić information content (AvgIpc) is 3.24. The van der Waals surface area contributed by atoms with Crippen LogP contribution in [-0.4, -0.2) is 66.6 Å². The Kier molecular flexibility index (Phi) is 7.55. The molecule has 3 rings (SSSR count). The van der Waals surface area contributed by atoms with Crippen LogP contribution >= 0.6 is 35.3 Å². The number of aromatic nitrogens is 1. The van der Waals surface area contributed by atoms with Crippen LogP contribution in [0.5, 0.6) is 0 Å². The second-order valence-corrected chi connectivity index (χ2v) is 7.54. The lowest BCUT2D eigenvalue weighted by atomic mass is 10.2. The quantitative estimate of drug-likeness (QED) is 0.436. The fourth-order valence-corrected chi connectivity index (χ4v) is 4.26. The molecule has 0 amide bonds. The smallest absolute Gasteiger partial charge is 0.193 e. The maximum atomic E-state index is 4.46. The lowest BCUT2D eigenvalue weighted by molar-refractivity contribution is 0.249. The number of aryl methyl sites for hydroxylation is 1. The number of nitrogens with one attached hydrogen (secondary N) is 1. The summed E-state index contributed by atoms with van der Waals surface area (Å²) in [6.07, 6.45) is 6.94. The summed E-state index contributed by atoms with van der Waals surface area (Å²) in [5.41, 5.74) is 0. The Morgan fingerprint density at radius 3 is 2.83 bits per heavy atom. The van der Waals surface area contributed by atoms with E-state index in [9.17, 15) is 0 Å². The van der Waals surface area contributed by atoms with Crippen molar-refractivity contribution in [2.45, 2.75) is 38.6 Å². The van der Waals surface area contributed by atoms with Gasteiger partial charge in [0.15, 0.2) is 5.96 Å². The molecule has 7 heteroatoms. The van der Waals surface area contributed by atoms with E-state index < -0.39 is 0 Å². The second-order valence-electron chi connectivity index (χ2n) is 6.22. The molecule has 1 atom stereocenters. The normalized spacial score (nSPS) is 22.4. The van der Waals surface area contributed by atoms with Crippen molar-refractivity contribution in [3.63, 3.8) is 0 Å². The Balaban J connectivity index is 0.00000192. The van der Waals surface area contributed by atoms with Gasteiger partial charge in [-0.3, -0.25) is 9.89 Å². The molecule has 0 radical (unpaired) electrons. The van der Waals surface area contributed by atoms with Crippen LogP contribution in [0.2, 0.25) is 0 Å². The van der Waals surface area contributed by atoms with Crippen LogP contribution in [0, 0.1) is 6.92 Å².